The Labute approximate surface area is 221 Å². The number of aromatic nitrogens is 1. The molecule has 0 spiro atoms. The molecule has 6 rings (SSSR count). The number of carbonyl (C=O) groups is 2. The molecule has 3 aromatic rings. The van der Waals surface area contributed by atoms with Gasteiger partial charge in [-0.3, -0.25) is 9.69 Å². The monoisotopic (exact) mass is 514 g/mol. The maximum atomic E-state index is 13.5. The van der Waals surface area contributed by atoms with Crippen LogP contribution >= 0.6 is 0 Å². The van der Waals surface area contributed by atoms with E-state index in [1.807, 2.05) is 24.3 Å². The van der Waals surface area contributed by atoms with E-state index < -0.39 is 0 Å². The fraction of sp³-hybridized carbons (Fsp3) is 0.367. The molecular weight excluding hydrogens is 484 g/mol. The van der Waals surface area contributed by atoms with Crippen molar-refractivity contribution in [3.8, 4) is 22.9 Å². The highest BCUT2D eigenvalue weighted by Gasteiger charge is 2.45. The molecule has 38 heavy (non-hydrogen) atoms. The van der Waals surface area contributed by atoms with Crippen LogP contribution in [0.15, 0.2) is 60.7 Å². The molecule has 8 nitrogen and oxygen atoms in total. The Morgan fingerprint density at radius 2 is 1.53 bits per heavy atom. The lowest BCUT2D eigenvalue weighted by Crippen LogP contribution is -2.60. The minimum atomic E-state index is -0.347. The van der Waals surface area contributed by atoms with Gasteiger partial charge in [0.1, 0.15) is 6.61 Å². The number of fused-ring (bicyclic) bond motifs is 5. The Hall–Kier alpha value is -3.91. The van der Waals surface area contributed by atoms with Crippen LogP contribution in [0.1, 0.15) is 40.2 Å². The van der Waals surface area contributed by atoms with E-state index in [1.165, 1.54) is 36.5 Å². The van der Waals surface area contributed by atoms with Crippen molar-refractivity contribution < 1.29 is 28.5 Å². The lowest BCUT2D eigenvalue weighted by Gasteiger charge is -2.47. The van der Waals surface area contributed by atoms with E-state index in [0.717, 1.165) is 0 Å². The normalized spacial score (nSPS) is 21.8. The third-order valence-corrected chi connectivity index (χ3v) is 7.94. The zero-order chi connectivity index (χ0) is 26.2. The summed E-state index contributed by atoms with van der Waals surface area (Å²) < 4.78 is 22.3. The molecule has 0 saturated carbocycles. The van der Waals surface area contributed by atoms with Crippen molar-refractivity contribution in [1.29, 1.82) is 0 Å². The molecule has 3 aliphatic rings. The topological polar surface area (TPSA) is 87.2 Å². The highest BCUT2D eigenvalue weighted by molar-refractivity contribution is 6.00. The van der Waals surface area contributed by atoms with Crippen LogP contribution in [0.2, 0.25) is 0 Å². The molecule has 2 aliphatic heterocycles. The number of methoxy groups -OCH3 is 2. The van der Waals surface area contributed by atoms with Crippen molar-refractivity contribution in [2.45, 2.75) is 30.8 Å². The third kappa shape index (κ3) is 4.19. The fourth-order valence-electron chi connectivity index (χ4n) is 6.20. The molecule has 2 saturated heterocycles. The molecule has 2 aromatic carbocycles. The first kappa shape index (κ1) is 24.4. The van der Waals surface area contributed by atoms with Crippen LogP contribution in [-0.2, 0) is 9.47 Å². The number of Topliss-reactive ketones (excluding diaryl/α,β-unsaturated/α-hetero) is 1. The van der Waals surface area contributed by atoms with Gasteiger partial charge in [-0.1, -0.05) is 48.5 Å². The van der Waals surface area contributed by atoms with Gasteiger partial charge in [-0.15, -0.1) is 0 Å². The van der Waals surface area contributed by atoms with Gasteiger partial charge in [0.15, 0.2) is 5.78 Å². The predicted molar refractivity (Wildman–Crippen MR) is 140 cm³/mol. The van der Waals surface area contributed by atoms with Gasteiger partial charge in [0, 0.05) is 17.9 Å². The molecule has 196 valence electrons. The number of morpholine rings is 1. The van der Waals surface area contributed by atoms with E-state index in [2.05, 4.69) is 29.2 Å². The highest BCUT2D eigenvalue weighted by atomic mass is 16.6. The van der Waals surface area contributed by atoms with Crippen molar-refractivity contribution in [3.63, 3.8) is 0 Å². The zero-order valence-corrected chi connectivity index (χ0v) is 21.5. The lowest BCUT2D eigenvalue weighted by molar-refractivity contribution is -0.0748. The second-order valence-electron chi connectivity index (χ2n) is 10.00. The van der Waals surface area contributed by atoms with Crippen LogP contribution in [0.25, 0.3) is 11.1 Å². The van der Waals surface area contributed by atoms with Crippen LogP contribution in [0.5, 0.6) is 11.8 Å². The molecule has 2 unspecified atom stereocenters. The molecule has 2 atom stereocenters. The molecule has 2 fully saturated rings. The van der Waals surface area contributed by atoms with E-state index in [0.29, 0.717) is 37.5 Å². The zero-order valence-electron chi connectivity index (χ0n) is 21.5. The van der Waals surface area contributed by atoms with Crippen molar-refractivity contribution in [1.82, 2.24) is 9.88 Å². The molecule has 2 bridgehead atoms. The number of amides is 1. The van der Waals surface area contributed by atoms with Crippen molar-refractivity contribution in [2.75, 3.05) is 34.0 Å². The molecular formula is C30H30N2O6. The van der Waals surface area contributed by atoms with Gasteiger partial charge < -0.3 is 18.9 Å². The van der Waals surface area contributed by atoms with Crippen LogP contribution in [0.3, 0.4) is 0 Å². The Morgan fingerprint density at radius 3 is 2.13 bits per heavy atom. The van der Waals surface area contributed by atoms with Gasteiger partial charge in [-0.25, -0.2) is 4.79 Å². The van der Waals surface area contributed by atoms with E-state index in [9.17, 15) is 9.59 Å². The summed E-state index contributed by atoms with van der Waals surface area (Å²) in [5, 5.41) is 0. The van der Waals surface area contributed by atoms with Gasteiger partial charge >= 0.3 is 6.09 Å². The number of pyridine rings is 1. The molecule has 0 N–H and O–H groups in total. The number of ketones is 1. The van der Waals surface area contributed by atoms with Crippen LogP contribution in [0, 0.1) is 5.92 Å². The Kier molecular flexibility index (Phi) is 6.49. The van der Waals surface area contributed by atoms with E-state index in [4.69, 9.17) is 18.9 Å². The number of carbonyl (C=O) groups excluding carboxylic acids is 2. The van der Waals surface area contributed by atoms with Gasteiger partial charge in [-0.05, 0) is 41.2 Å². The first-order valence-corrected chi connectivity index (χ1v) is 12.9. The molecule has 1 aromatic heterocycles. The number of rotatable bonds is 6. The predicted octanol–water partition coefficient (Wildman–Crippen LogP) is 4.71. The van der Waals surface area contributed by atoms with Gasteiger partial charge in [0.05, 0.1) is 45.1 Å². The van der Waals surface area contributed by atoms with Gasteiger partial charge in [0.25, 0.3) is 0 Å². The number of ether oxygens (including phenoxy) is 4. The Morgan fingerprint density at radius 1 is 0.895 bits per heavy atom. The summed E-state index contributed by atoms with van der Waals surface area (Å²) in [5.74, 6) is 0.316. The van der Waals surface area contributed by atoms with Gasteiger partial charge in [0.2, 0.25) is 11.8 Å². The first-order valence-electron chi connectivity index (χ1n) is 12.9. The smallest absolute Gasteiger partial charge is 0.410 e. The average molecular weight is 515 g/mol. The van der Waals surface area contributed by atoms with E-state index in [1.54, 1.807) is 17.0 Å². The van der Waals surface area contributed by atoms with Crippen LogP contribution < -0.4 is 9.47 Å². The summed E-state index contributed by atoms with van der Waals surface area (Å²) in [6, 6.07) is 19.5. The SMILES string of the molecule is COc1ccc(C(=O)C2CC3COCC(C2)N3C(=O)OCC2c3ccccc3-c3ccccc32)c(OC)n1. The summed E-state index contributed by atoms with van der Waals surface area (Å²) in [6.45, 7) is 1.02. The minimum Gasteiger partial charge on any atom is -0.481 e. The lowest BCUT2D eigenvalue weighted by atomic mass is 9.81. The standard InChI is InChI=1S/C30H30N2O6/c1-35-27-12-11-25(29(31-27)36-2)28(33)18-13-19-15-37-16-20(14-18)32(19)30(34)38-17-26-23-9-5-3-7-21(23)22-8-4-6-10-24(22)26/h3-12,18-20,26H,13-17H2,1-2H3. The molecule has 3 heterocycles. The average Bonchev–Trinajstić information content (AvgIpc) is 3.28. The number of hydrogen-bond donors (Lipinski definition) is 0. The summed E-state index contributed by atoms with van der Waals surface area (Å²) >= 11 is 0. The largest absolute Gasteiger partial charge is 0.481 e. The maximum Gasteiger partial charge on any atom is 0.410 e. The summed E-state index contributed by atoms with van der Waals surface area (Å²) in [5.41, 5.74) is 5.16. The summed E-state index contributed by atoms with van der Waals surface area (Å²) in [4.78, 5) is 33.0. The third-order valence-electron chi connectivity index (χ3n) is 7.94. The second-order valence-corrected chi connectivity index (χ2v) is 10.00. The fourth-order valence-corrected chi connectivity index (χ4v) is 6.20. The molecule has 1 aliphatic carbocycles. The highest BCUT2D eigenvalue weighted by Crippen LogP contribution is 2.45. The van der Waals surface area contributed by atoms with Crippen molar-refractivity contribution in [3.05, 3.63) is 77.4 Å². The van der Waals surface area contributed by atoms with Crippen molar-refractivity contribution >= 4 is 11.9 Å². The first-order chi connectivity index (χ1) is 18.6. The van der Waals surface area contributed by atoms with E-state index in [-0.39, 0.29) is 48.3 Å². The summed E-state index contributed by atoms with van der Waals surface area (Å²) in [7, 11) is 3.00. The number of hydrogen-bond acceptors (Lipinski definition) is 7. The minimum absolute atomic E-state index is 0.00315. The number of benzene rings is 2. The quantitative estimate of drug-likeness (QED) is 0.440. The Bertz CT molecular complexity index is 1310. The van der Waals surface area contributed by atoms with Crippen molar-refractivity contribution in [2.24, 2.45) is 5.92 Å². The molecule has 8 heteroatoms. The number of nitrogens with zero attached hydrogens (tertiary/aromatic N) is 2. The second kappa shape index (κ2) is 10.1. The summed E-state index contributed by atoms with van der Waals surface area (Å²) in [6.07, 6.45) is 0.642. The Balaban J connectivity index is 1.16. The van der Waals surface area contributed by atoms with Gasteiger partial charge in [-0.2, -0.15) is 4.98 Å². The molecule has 1 amide bonds. The number of piperidine rings is 1. The van der Waals surface area contributed by atoms with E-state index >= 15 is 0 Å². The maximum absolute atomic E-state index is 13.5. The van der Waals surface area contributed by atoms with Crippen LogP contribution in [-0.4, -0.2) is 67.9 Å². The van der Waals surface area contributed by atoms with Crippen LogP contribution in [0.4, 0.5) is 4.79 Å². The molecule has 0 radical (unpaired) electrons.